The topological polar surface area (TPSA) is 113 Å². The Morgan fingerprint density at radius 2 is 1.68 bits per heavy atom. The highest BCUT2D eigenvalue weighted by molar-refractivity contribution is 5.91. The molecule has 11 heteroatoms. The molecule has 0 unspecified atom stereocenters. The first-order valence-electron chi connectivity index (χ1n) is 10.1. The van der Waals surface area contributed by atoms with Crippen LogP contribution in [0.15, 0.2) is 67.3 Å². The molecule has 4 aromatic rings. The van der Waals surface area contributed by atoms with Crippen LogP contribution < -0.4 is 5.73 Å². The molecule has 2 N–H and O–H groups in total. The van der Waals surface area contributed by atoms with E-state index in [-0.39, 0.29) is 6.42 Å². The molecular formula is C23H18F3N5O3. The summed E-state index contributed by atoms with van der Waals surface area (Å²) in [6.07, 6.45) is -2.25. The van der Waals surface area contributed by atoms with E-state index in [1.807, 2.05) is 34.9 Å². The average molecular weight is 469 g/mol. The summed E-state index contributed by atoms with van der Waals surface area (Å²) in [5, 5.41) is 0. The molecule has 0 aliphatic rings. The number of carbonyl (C=O) groups excluding carboxylic acids is 2. The molecule has 0 saturated heterocycles. The van der Waals surface area contributed by atoms with Crippen molar-refractivity contribution in [2.24, 2.45) is 5.73 Å². The van der Waals surface area contributed by atoms with E-state index in [0.717, 1.165) is 11.1 Å². The second kappa shape index (κ2) is 9.40. The van der Waals surface area contributed by atoms with E-state index in [9.17, 15) is 22.8 Å². The number of aromatic nitrogens is 4. The largest absolute Gasteiger partial charge is 0.491 e. The first kappa shape index (κ1) is 23.1. The summed E-state index contributed by atoms with van der Waals surface area (Å²) >= 11 is 0. The second-order valence-electron chi connectivity index (χ2n) is 7.47. The molecule has 0 fully saturated rings. The summed E-state index contributed by atoms with van der Waals surface area (Å²) in [7, 11) is 0. The lowest BCUT2D eigenvalue weighted by molar-refractivity contribution is -0.202. The van der Waals surface area contributed by atoms with Crippen molar-refractivity contribution >= 4 is 23.1 Å². The van der Waals surface area contributed by atoms with E-state index in [0.29, 0.717) is 29.0 Å². The van der Waals surface area contributed by atoms with Crippen LogP contribution in [-0.2, 0) is 27.3 Å². The maximum Gasteiger partial charge on any atom is 0.491 e. The van der Waals surface area contributed by atoms with Gasteiger partial charge in [0, 0.05) is 5.56 Å². The minimum atomic E-state index is -5.27. The minimum absolute atomic E-state index is 0.116. The van der Waals surface area contributed by atoms with Crippen LogP contribution in [-0.4, -0.2) is 43.7 Å². The smallest absolute Gasteiger partial charge is 0.385 e. The molecule has 0 bridgehead atoms. The maximum absolute atomic E-state index is 12.2. The molecule has 0 aliphatic heterocycles. The Labute approximate surface area is 191 Å². The molecule has 0 saturated carbocycles. The van der Waals surface area contributed by atoms with Crippen molar-refractivity contribution in [1.82, 2.24) is 19.5 Å². The normalized spacial score (nSPS) is 12.5. The second-order valence-corrected chi connectivity index (χ2v) is 7.47. The zero-order valence-corrected chi connectivity index (χ0v) is 17.6. The van der Waals surface area contributed by atoms with Gasteiger partial charge in [0.2, 0.25) is 0 Å². The van der Waals surface area contributed by atoms with E-state index in [1.54, 1.807) is 30.6 Å². The molecule has 4 rings (SSSR count). The van der Waals surface area contributed by atoms with Crippen LogP contribution in [0.5, 0.6) is 0 Å². The van der Waals surface area contributed by atoms with E-state index >= 15 is 0 Å². The molecule has 2 heterocycles. The summed E-state index contributed by atoms with van der Waals surface area (Å²) in [6, 6.07) is 15.2. The molecule has 2 aromatic heterocycles. The van der Waals surface area contributed by atoms with Gasteiger partial charge in [0.25, 0.3) is 0 Å². The third-order valence-electron chi connectivity index (χ3n) is 5.01. The number of benzene rings is 2. The zero-order valence-electron chi connectivity index (χ0n) is 17.6. The van der Waals surface area contributed by atoms with Gasteiger partial charge in [-0.25, -0.2) is 24.5 Å². The Balaban J connectivity index is 1.49. The van der Waals surface area contributed by atoms with Crippen molar-refractivity contribution in [3.8, 4) is 11.3 Å². The Bertz CT molecular complexity index is 1320. The number of ether oxygens (including phenoxy) is 1. The lowest BCUT2D eigenvalue weighted by atomic mass is 10.0. The minimum Gasteiger partial charge on any atom is -0.385 e. The van der Waals surface area contributed by atoms with Gasteiger partial charge in [0.1, 0.15) is 23.6 Å². The molecule has 1 atom stereocenters. The monoisotopic (exact) mass is 469 g/mol. The van der Waals surface area contributed by atoms with Crippen LogP contribution in [0.3, 0.4) is 0 Å². The van der Waals surface area contributed by atoms with Crippen LogP contribution in [0.25, 0.3) is 22.4 Å². The molecule has 0 spiro atoms. The molecule has 34 heavy (non-hydrogen) atoms. The quantitative estimate of drug-likeness (QED) is 0.341. The van der Waals surface area contributed by atoms with Crippen molar-refractivity contribution in [3.63, 3.8) is 0 Å². The fourth-order valence-corrected chi connectivity index (χ4v) is 3.35. The van der Waals surface area contributed by atoms with Gasteiger partial charge in [-0.2, -0.15) is 13.2 Å². The Kier molecular flexibility index (Phi) is 6.37. The van der Waals surface area contributed by atoms with Gasteiger partial charge in [-0.05, 0) is 17.5 Å². The number of halogens is 3. The number of hydrogen-bond acceptors (Lipinski definition) is 7. The van der Waals surface area contributed by atoms with Gasteiger partial charge < -0.3 is 15.0 Å². The number of hydrogen-bond donors (Lipinski definition) is 1. The van der Waals surface area contributed by atoms with Crippen LogP contribution in [0.2, 0.25) is 0 Å². The Hall–Kier alpha value is -4.12. The van der Waals surface area contributed by atoms with E-state index in [2.05, 4.69) is 19.7 Å². The molecule has 2 aromatic carbocycles. The summed E-state index contributed by atoms with van der Waals surface area (Å²) in [5.41, 5.74) is 9.86. The first-order valence-corrected chi connectivity index (χ1v) is 10.1. The highest BCUT2D eigenvalue weighted by atomic mass is 19.4. The van der Waals surface area contributed by atoms with E-state index in [1.165, 1.54) is 6.33 Å². The van der Waals surface area contributed by atoms with Crippen molar-refractivity contribution in [2.75, 3.05) is 0 Å². The predicted molar refractivity (Wildman–Crippen MR) is 115 cm³/mol. The lowest BCUT2D eigenvalue weighted by Gasteiger charge is -2.12. The summed E-state index contributed by atoms with van der Waals surface area (Å²) in [5.74, 6) is -4.05. The van der Waals surface area contributed by atoms with Crippen LogP contribution in [0.4, 0.5) is 13.2 Å². The van der Waals surface area contributed by atoms with Crippen molar-refractivity contribution in [2.45, 2.75) is 25.2 Å². The highest BCUT2D eigenvalue weighted by Gasteiger charge is 2.43. The fourth-order valence-electron chi connectivity index (χ4n) is 3.35. The van der Waals surface area contributed by atoms with Gasteiger partial charge in [-0.1, -0.05) is 54.6 Å². The SMILES string of the molecule is N[C@@H](Cc1ccc(-c2ncnc3c2ncn3Cc2ccccc2)cc1)C(=O)OC(=O)C(F)(F)F. The number of esters is 2. The summed E-state index contributed by atoms with van der Waals surface area (Å²) in [6.45, 7) is 0.595. The van der Waals surface area contributed by atoms with Gasteiger partial charge in [-0.15, -0.1) is 0 Å². The van der Waals surface area contributed by atoms with Gasteiger partial charge in [0.15, 0.2) is 5.65 Å². The molecule has 174 valence electrons. The van der Waals surface area contributed by atoms with Crippen LogP contribution in [0.1, 0.15) is 11.1 Å². The number of nitrogens with zero attached hydrogens (tertiary/aromatic N) is 4. The number of fused-ring (bicyclic) bond motifs is 1. The van der Waals surface area contributed by atoms with E-state index in [4.69, 9.17) is 5.73 Å². The summed E-state index contributed by atoms with van der Waals surface area (Å²) < 4.78 is 42.4. The third kappa shape index (κ3) is 5.09. The molecular weight excluding hydrogens is 451 g/mol. The fraction of sp³-hybridized carbons (Fsp3) is 0.174. The Morgan fingerprint density at radius 1 is 0.971 bits per heavy atom. The lowest BCUT2D eigenvalue weighted by Crippen LogP contribution is -2.38. The van der Waals surface area contributed by atoms with Crippen molar-refractivity contribution < 1.29 is 27.5 Å². The standard InChI is InChI=1S/C23H18F3N5O3/c24-23(25,26)22(33)34-21(32)17(27)10-14-6-8-16(9-7-14)18-19-20(29-12-28-18)31(13-30-19)11-15-4-2-1-3-5-15/h1-9,12-13,17H,10-11,27H2/t17-/m0/s1. The van der Waals surface area contributed by atoms with Gasteiger partial charge in [0.05, 0.1) is 12.9 Å². The van der Waals surface area contributed by atoms with Crippen LogP contribution >= 0.6 is 0 Å². The number of carbonyl (C=O) groups is 2. The van der Waals surface area contributed by atoms with Crippen LogP contribution in [0, 0.1) is 0 Å². The molecule has 0 aliphatic carbocycles. The van der Waals surface area contributed by atoms with E-state index < -0.39 is 24.2 Å². The number of alkyl halides is 3. The molecule has 0 radical (unpaired) electrons. The van der Waals surface area contributed by atoms with Gasteiger partial charge in [-0.3, -0.25) is 0 Å². The van der Waals surface area contributed by atoms with Crippen molar-refractivity contribution in [3.05, 3.63) is 78.4 Å². The number of nitrogens with two attached hydrogens (primary N) is 1. The Morgan fingerprint density at radius 3 is 2.35 bits per heavy atom. The highest BCUT2D eigenvalue weighted by Crippen LogP contribution is 2.25. The first-order chi connectivity index (χ1) is 16.2. The maximum atomic E-state index is 12.2. The average Bonchev–Trinajstić information content (AvgIpc) is 3.22. The summed E-state index contributed by atoms with van der Waals surface area (Å²) in [4.78, 5) is 35.6. The zero-order chi connectivity index (χ0) is 24.3. The molecule has 8 nitrogen and oxygen atoms in total. The van der Waals surface area contributed by atoms with Gasteiger partial charge >= 0.3 is 18.1 Å². The predicted octanol–water partition coefficient (Wildman–Crippen LogP) is 3.04. The van der Waals surface area contributed by atoms with Crippen molar-refractivity contribution in [1.29, 1.82) is 0 Å². The number of rotatable bonds is 6. The number of imidazole rings is 1. The molecule has 0 amide bonds. The third-order valence-corrected chi connectivity index (χ3v) is 5.01.